The maximum Gasteiger partial charge on any atom is 0.0967 e. The predicted molar refractivity (Wildman–Crippen MR) is 172 cm³/mol. The lowest BCUT2D eigenvalue weighted by molar-refractivity contribution is -0.00211. The molecule has 1 aliphatic carbocycles. The van der Waals surface area contributed by atoms with Gasteiger partial charge in [-0.2, -0.15) is 0 Å². The average molecular weight is 568 g/mol. The highest BCUT2D eigenvalue weighted by Gasteiger charge is 2.32. The van der Waals surface area contributed by atoms with E-state index >= 15 is 0 Å². The summed E-state index contributed by atoms with van der Waals surface area (Å²) in [5.41, 5.74) is -0.0555. The smallest absolute Gasteiger partial charge is 0.0967 e. The first-order valence-corrected chi connectivity index (χ1v) is 16.2. The Bertz CT molecular complexity index is 732. The average Bonchev–Trinajstić information content (AvgIpc) is 2.80. The number of hydrogen-bond acceptors (Lipinski definition) is 5. The van der Waals surface area contributed by atoms with Gasteiger partial charge in [-0.3, -0.25) is 5.32 Å². The maximum absolute atomic E-state index is 5.99. The Kier molecular flexibility index (Phi) is 17.9. The molecule has 0 aromatic carbocycles. The Morgan fingerprint density at radius 1 is 0.872 bits per heavy atom. The normalized spacial score (nSPS) is 19.1. The first-order chi connectivity index (χ1) is 18.4. The van der Waals surface area contributed by atoms with Crippen molar-refractivity contribution in [2.24, 2.45) is 5.41 Å². The van der Waals surface area contributed by atoms with Crippen LogP contribution in [0.25, 0.3) is 0 Å². The largest absolute Gasteiger partial charge is 0.378 e. The fraction of sp³-hybridized carbons (Fsp3) is 0.758. The highest BCUT2D eigenvalue weighted by atomic mass is 32.2. The summed E-state index contributed by atoms with van der Waals surface area (Å²) in [5.74, 6) is 0. The molecule has 0 unspecified atom stereocenters. The van der Waals surface area contributed by atoms with Crippen LogP contribution >= 0.6 is 10.9 Å². The van der Waals surface area contributed by atoms with Crippen molar-refractivity contribution in [1.82, 2.24) is 5.32 Å². The summed E-state index contributed by atoms with van der Waals surface area (Å²) in [6.07, 6.45) is 19.5. The van der Waals surface area contributed by atoms with Crippen LogP contribution in [0, 0.1) is 5.41 Å². The minimum atomic E-state index is -0.363. The van der Waals surface area contributed by atoms with Crippen LogP contribution in [0.4, 0.5) is 0 Å². The molecule has 228 valence electrons. The molecule has 0 aromatic rings. The lowest BCUT2D eigenvalue weighted by atomic mass is 9.94. The number of thiol groups is 1. The fourth-order valence-electron chi connectivity index (χ4n) is 4.95. The maximum atomic E-state index is 5.99. The van der Waals surface area contributed by atoms with Gasteiger partial charge in [-0.1, -0.05) is 98.4 Å². The van der Waals surface area contributed by atoms with Crippen LogP contribution in [-0.4, -0.2) is 68.5 Å². The molecular weight excluding hydrogens is 506 g/mol. The molecule has 0 spiro atoms. The van der Waals surface area contributed by atoms with Crippen LogP contribution in [0.15, 0.2) is 47.9 Å². The van der Waals surface area contributed by atoms with Gasteiger partial charge in [0, 0.05) is 12.0 Å². The summed E-state index contributed by atoms with van der Waals surface area (Å²) in [6.45, 7) is 27.5. The molecule has 0 aliphatic heterocycles. The molecule has 0 bridgehead atoms. The predicted octanol–water partition coefficient (Wildman–Crippen LogP) is 7.74. The fourth-order valence-corrected chi connectivity index (χ4v) is 8.93. The Labute approximate surface area is 244 Å². The van der Waals surface area contributed by atoms with Gasteiger partial charge in [0.05, 0.1) is 52.5 Å². The van der Waals surface area contributed by atoms with Crippen LogP contribution in [0.3, 0.4) is 0 Å². The molecule has 39 heavy (non-hydrogen) atoms. The molecule has 0 fully saturated rings. The molecule has 1 atom stereocenters. The van der Waals surface area contributed by atoms with Crippen molar-refractivity contribution >= 4 is 10.9 Å². The van der Waals surface area contributed by atoms with Crippen LogP contribution < -0.4 is 5.32 Å². The van der Waals surface area contributed by atoms with E-state index in [2.05, 4.69) is 97.7 Å². The van der Waals surface area contributed by atoms with E-state index in [1.165, 1.54) is 24.2 Å². The van der Waals surface area contributed by atoms with Crippen molar-refractivity contribution in [3.05, 3.63) is 47.9 Å². The monoisotopic (exact) mass is 567 g/mol. The second-order valence-electron chi connectivity index (χ2n) is 13.0. The topological polar surface area (TPSA) is 49.0 Å². The van der Waals surface area contributed by atoms with Crippen molar-refractivity contribution in [3.8, 4) is 0 Å². The highest BCUT2D eigenvalue weighted by Crippen LogP contribution is 2.56. The molecule has 6 heteroatoms. The van der Waals surface area contributed by atoms with E-state index in [1.54, 1.807) is 0 Å². The third-order valence-electron chi connectivity index (χ3n) is 6.40. The lowest BCUT2D eigenvalue weighted by Gasteiger charge is -2.46. The van der Waals surface area contributed by atoms with E-state index in [9.17, 15) is 0 Å². The van der Waals surface area contributed by atoms with Gasteiger partial charge in [0.15, 0.2) is 0 Å². The minimum absolute atomic E-state index is 0.0555. The molecule has 0 saturated heterocycles. The van der Waals surface area contributed by atoms with Gasteiger partial charge in [0.1, 0.15) is 0 Å². The number of hydrogen-bond donors (Lipinski definition) is 2. The number of allylic oxidation sites excluding steroid dienone is 5. The number of rotatable bonds is 18. The Morgan fingerprint density at radius 2 is 1.51 bits per heavy atom. The summed E-state index contributed by atoms with van der Waals surface area (Å²) in [5, 5.41) is 3.27. The zero-order valence-corrected chi connectivity index (χ0v) is 27.4. The van der Waals surface area contributed by atoms with Crippen molar-refractivity contribution < 1.29 is 18.9 Å². The van der Waals surface area contributed by atoms with Gasteiger partial charge in [0.2, 0.25) is 0 Å². The van der Waals surface area contributed by atoms with Gasteiger partial charge >= 0.3 is 0 Å². The van der Waals surface area contributed by atoms with Crippen LogP contribution in [0.1, 0.15) is 87.5 Å². The van der Waals surface area contributed by atoms with Crippen molar-refractivity contribution in [1.29, 1.82) is 0 Å². The molecule has 0 amide bonds. The Hall–Kier alpha value is -0.890. The molecule has 5 nitrogen and oxygen atoms in total. The summed E-state index contributed by atoms with van der Waals surface area (Å²) < 4.78 is 23.6. The molecule has 0 saturated carbocycles. The standard InChI is InChI=1S/C33H61NO4S/c1-10-30(39(31(2,3)4)32(5,6)7)19-16-20-33(8,9)27-36-25-23-35-24-26-37-28-34-21-22-38-29-17-14-12-11-13-15-18-29/h10-12,16,19-20,29,34,39H,1,13-15,17-18,21-28H2,2-9H3/b12-11+,20-16+,30-19+/t29-/m0/s1. The second-order valence-corrected chi connectivity index (χ2v) is 16.9. The van der Waals surface area contributed by atoms with E-state index in [0.717, 1.165) is 26.0 Å². The lowest BCUT2D eigenvalue weighted by Crippen LogP contribution is -2.29. The summed E-state index contributed by atoms with van der Waals surface area (Å²) >= 11 is 0. The third kappa shape index (κ3) is 17.5. The summed E-state index contributed by atoms with van der Waals surface area (Å²) in [4.78, 5) is 1.35. The van der Waals surface area contributed by atoms with E-state index in [4.69, 9.17) is 18.9 Å². The van der Waals surface area contributed by atoms with Gasteiger partial charge in [0.25, 0.3) is 0 Å². The van der Waals surface area contributed by atoms with Crippen molar-refractivity contribution in [2.45, 2.75) is 103 Å². The molecule has 1 aliphatic rings. The third-order valence-corrected chi connectivity index (χ3v) is 9.93. The second kappa shape index (κ2) is 19.3. The number of nitrogens with one attached hydrogen (secondary N) is 1. The minimum Gasteiger partial charge on any atom is -0.378 e. The van der Waals surface area contributed by atoms with Crippen molar-refractivity contribution in [3.63, 3.8) is 0 Å². The quantitative estimate of drug-likeness (QED) is 0.0583. The van der Waals surface area contributed by atoms with E-state index in [1.807, 2.05) is 6.08 Å². The van der Waals surface area contributed by atoms with Crippen molar-refractivity contribution in [2.75, 3.05) is 52.9 Å². The van der Waals surface area contributed by atoms with Gasteiger partial charge in [-0.15, -0.1) is 0 Å². The molecule has 0 radical (unpaired) electrons. The number of ether oxygens (including phenoxy) is 4. The first-order valence-electron chi connectivity index (χ1n) is 14.9. The van der Waals surface area contributed by atoms with Crippen LogP contribution in [-0.2, 0) is 18.9 Å². The van der Waals surface area contributed by atoms with Gasteiger partial charge in [-0.25, -0.2) is 10.9 Å². The summed E-state index contributed by atoms with van der Waals surface area (Å²) in [7, 11) is -0.363. The highest BCUT2D eigenvalue weighted by molar-refractivity contribution is 8.22. The SMILES string of the molecule is C=C/C(=C\C=C\C(C)(C)COCCOCCOCNCCO[C@H]1CC/C=C/CCC1)[SH](C(C)(C)C)C(C)(C)C. The summed E-state index contributed by atoms with van der Waals surface area (Å²) in [6, 6.07) is 0. The zero-order chi connectivity index (χ0) is 29.2. The van der Waals surface area contributed by atoms with E-state index in [-0.39, 0.29) is 25.8 Å². The zero-order valence-electron chi connectivity index (χ0n) is 26.5. The molecule has 1 rings (SSSR count). The Morgan fingerprint density at radius 3 is 2.18 bits per heavy atom. The van der Waals surface area contributed by atoms with E-state index in [0.29, 0.717) is 45.9 Å². The van der Waals surface area contributed by atoms with Gasteiger partial charge < -0.3 is 18.9 Å². The first kappa shape index (κ1) is 36.1. The van der Waals surface area contributed by atoms with Crippen LogP contribution in [0.5, 0.6) is 0 Å². The molecule has 0 aromatic heterocycles. The molecular formula is C33H61NO4S. The van der Waals surface area contributed by atoms with E-state index < -0.39 is 0 Å². The van der Waals surface area contributed by atoms with Gasteiger partial charge in [-0.05, 0) is 46.5 Å². The van der Waals surface area contributed by atoms with Crippen LogP contribution in [0.2, 0.25) is 0 Å². The molecule has 1 N–H and O–H groups in total. The molecule has 0 heterocycles. The Balaban J connectivity index is 2.14.